The number of aromatic hydroxyl groups is 1. The number of nitrogens with zero attached hydrogens (tertiary/aromatic N) is 3. The highest BCUT2D eigenvalue weighted by Crippen LogP contribution is 2.43. The molecule has 1 unspecified atom stereocenters. The predicted molar refractivity (Wildman–Crippen MR) is 108 cm³/mol. The molecule has 1 aliphatic heterocycles. The lowest BCUT2D eigenvalue weighted by Crippen LogP contribution is -2.33. The van der Waals surface area contributed by atoms with Crippen molar-refractivity contribution < 1.29 is 14.6 Å². The fourth-order valence-corrected chi connectivity index (χ4v) is 3.47. The van der Waals surface area contributed by atoms with Crippen LogP contribution in [-0.2, 0) is 0 Å². The summed E-state index contributed by atoms with van der Waals surface area (Å²) < 4.78 is 12.8. The zero-order chi connectivity index (χ0) is 20.7. The van der Waals surface area contributed by atoms with Crippen molar-refractivity contribution in [3.8, 4) is 29.1 Å². The Hall–Kier alpha value is -3.76. The minimum atomic E-state index is -0.942. The highest BCUT2D eigenvalue weighted by molar-refractivity contribution is 5.89. The van der Waals surface area contributed by atoms with E-state index in [-0.39, 0.29) is 11.3 Å². The molecule has 2 heterocycles. The molecule has 4 rings (SSSR count). The highest BCUT2D eigenvalue weighted by Gasteiger charge is 2.33. The largest absolute Gasteiger partial charge is 0.504 e. The maximum absolute atomic E-state index is 9.96. The summed E-state index contributed by atoms with van der Waals surface area (Å²) in [5.74, 6) is 0.788. The van der Waals surface area contributed by atoms with Crippen molar-refractivity contribution in [3.05, 3.63) is 70.4 Å². The summed E-state index contributed by atoms with van der Waals surface area (Å²) in [6, 6.07) is 15.0. The lowest BCUT2D eigenvalue weighted by Gasteiger charge is -2.25. The Morgan fingerprint density at radius 1 is 1.21 bits per heavy atom. The maximum Gasteiger partial charge on any atom is 0.226 e. The van der Waals surface area contributed by atoms with E-state index >= 15 is 0 Å². The summed E-state index contributed by atoms with van der Waals surface area (Å²) in [6.45, 7) is 3.87. The highest BCUT2D eigenvalue weighted by atomic mass is 16.5. The van der Waals surface area contributed by atoms with Gasteiger partial charge in [0, 0.05) is 5.57 Å². The standard InChI is InChI=1S/C22H20N4O3/c1-12-4-7-15(8-5-12)26-22-19(13(2)25-26)20(16(11-23)21(24)29-22)14-6-9-17(27)18(10-14)28-3/h4-10,21,27H,24H2,1-3H3. The van der Waals surface area contributed by atoms with Crippen molar-refractivity contribution in [2.45, 2.75) is 20.1 Å². The van der Waals surface area contributed by atoms with Crippen LogP contribution in [0.3, 0.4) is 0 Å². The number of phenols is 1. The lowest BCUT2D eigenvalue weighted by atomic mass is 9.91. The van der Waals surface area contributed by atoms with Crippen molar-refractivity contribution in [2.75, 3.05) is 7.11 Å². The SMILES string of the molecule is COc1cc(C2=C(C#N)C(N)Oc3c2c(C)nn3-c2ccc(C)cc2)ccc1O. The first kappa shape index (κ1) is 18.6. The van der Waals surface area contributed by atoms with Crippen LogP contribution in [0.1, 0.15) is 22.4 Å². The summed E-state index contributed by atoms with van der Waals surface area (Å²) >= 11 is 0. The van der Waals surface area contributed by atoms with Gasteiger partial charge >= 0.3 is 0 Å². The minimum Gasteiger partial charge on any atom is -0.504 e. The molecule has 0 saturated carbocycles. The third-order valence-electron chi connectivity index (χ3n) is 4.93. The van der Waals surface area contributed by atoms with E-state index in [1.54, 1.807) is 16.8 Å². The van der Waals surface area contributed by atoms with Gasteiger partial charge in [0.2, 0.25) is 5.88 Å². The van der Waals surface area contributed by atoms with E-state index in [9.17, 15) is 10.4 Å². The summed E-state index contributed by atoms with van der Waals surface area (Å²) in [5.41, 5.74) is 11.1. The van der Waals surface area contributed by atoms with Gasteiger partial charge in [-0.15, -0.1) is 0 Å². The Morgan fingerprint density at radius 3 is 2.59 bits per heavy atom. The molecule has 0 amide bonds. The van der Waals surface area contributed by atoms with Gasteiger partial charge in [0.25, 0.3) is 0 Å². The molecule has 29 heavy (non-hydrogen) atoms. The Labute approximate surface area is 168 Å². The first-order valence-electron chi connectivity index (χ1n) is 9.05. The molecule has 1 atom stereocenters. The molecule has 0 radical (unpaired) electrons. The van der Waals surface area contributed by atoms with Gasteiger partial charge in [0.05, 0.1) is 29.6 Å². The van der Waals surface area contributed by atoms with Gasteiger partial charge in [0.15, 0.2) is 17.7 Å². The summed E-state index contributed by atoms with van der Waals surface area (Å²) in [7, 11) is 1.47. The van der Waals surface area contributed by atoms with Crippen LogP contribution in [0.2, 0.25) is 0 Å². The number of phenolic OH excluding ortho intramolecular Hbond substituents is 1. The molecule has 0 spiro atoms. The van der Waals surface area contributed by atoms with E-state index in [4.69, 9.17) is 15.2 Å². The molecule has 7 nitrogen and oxygen atoms in total. The van der Waals surface area contributed by atoms with Crippen molar-refractivity contribution in [1.82, 2.24) is 9.78 Å². The molecule has 146 valence electrons. The van der Waals surface area contributed by atoms with Gasteiger partial charge in [-0.05, 0) is 43.7 Å². The van der Waals surface area contributed by atoms with Gasteiger partial charge in [-0.25, -0.2) is 4.68 Å². The van der Waals surface area contributed by atoms with Crippen LogP contribution in [0.15, 0.2) is 48.0 Å². The fraction of sp³-hybridized carbons (Fsp3) is 0.182. The summed E-state index contributed by atoms with van der Waals surface area (Å²) in [4.78, 5) is 0. The average Bonchev–Trinajstić information content (AvgIpc) is 3.04. The number of hydrogen-bond acceptors (Lipinski definition) is 6. The molecule has 0 saturated heterocycles. The van der Waals surface area contributed by atoms with Crippen LogP contribution >= 0.6 is 0 Å². The number of aromatic nitrogens is 2. The lowest BCUT2D eigenvalue weighted by molar-refractivity contribution is 0.228. The maximum atomic E-state index is 9.96. The molecular weight excluding hydrogens is 368 g/mol. The molecule has 1 aliphatic rings. The topological polar surface area (TPSA) is 106 Å². The van der Waals surface area contributed by atoms with Crippen LogP contribution in [0.5, 0.6) is 17.4 Å². The van der Waals surface area contributed by atoms with Crippen molar-refractivity contribution in [2.24, 2.45) is 5.73 Å². The van der Waals surface area contributed by atoms with Gasteiger partial charge in [-0.3, -0.25) is 5.73 Å². The number of fused-ring (bicyclic) bond motifs is 1. The molecule has 3 N–H and O–H groups in total. The monoisotopic (exact) mass is 388 g/mol. The normalized spacial score (nSPS) is 15.5. The van der Waals surface area contributed by atoms with Crippen LogP contribution in [0.4, 0.5) is 0 Å². The third-order valence-corrected chi connectivity index (χ3v) is 4.93. The number of nitriles is 1. The van der Waals surface area contributed by atoms with Crippen LogP contribution in [-0.4, -0.2) is 28.2 Å². The number of methoxy groups -OCH3 is 1. The number of nitrogens with two attached hydrogens (primary N) is 1. The molecule has 0 aliphatic carbocycles. The van der Waals surface area contributed by atoms with Crippen LogP contribution in [0.25, 0.3) is 11.3 Å². The van der Waals surface area contributed by atoms with E-state index < -0.39 is 6.23 Å². The smallest absolute Gasteiger partial charge is 0.226 e. The minimum absolute atomic E-state index is 0.0130. The number of aryl methyl sites for hydroxylation is 2. The Bertz CT molecular complexity index is 1170. The zero-order valence-electron chi connectivity index (χ0n) is 16.3. The number of benzene rings is 2. The van der Waals surface area contributed by atoms with Crippen molar-refractivity contribution in [3.63, 3.8) is 0 Å². The van der Waals surface area contributed by atoms with Crippen LogP contribution in [0, 0.1) is 25.2 Å². The van der Waals surface area contributed by atoms with Crippen LogP contribution < -0.4 is 15.2 Å². The second-order valence-electron chi connectivity index (χ2n) is 6.84. The van der Waals surface area contributed by atoms with E-state index in [1.807, 2.05) is 38.1 Å². The quantitative estimate of drug-likeness (QED) is 0.714. The Balaban J connectivity index is 1.97. The number of hydrogen-bond donors (Lipinski definition) is 2. The van der Waals surface area contributed by atoms with Gasteiger partial charge in [-0.2, -0.15) is 10.4 Å². The average molecular weight is 388 g/mol. The number of rotatable bonds is 3. The second kappa shape index (κ2) is 7.00. The zero-order valence-corrected chi connectivity index (χ0v) is 16.3. The predicted octanol–water partition coefficient (Wildman–Crippen LogP) is 3.21. The van der Waals surface area contributed by atoms with Gasteiger partial charge in [-0.1, -0.05) is 23.8 Å². The first-order chi connectivity index (χ1) is 13.9. The molecular formula is C22H20N4O3. The Morgan fingerprint density at radius 2 is 1.93 bits per heavy atom. The van der Waals surface area contributed by atoms with Gasteiger partial charge < -0.3 is 14.6 Å². The van der Waals surface area contributed by atoms with E-state index in [0.29, 0.717) is 34.0 Å². The van der Waals surface area contributed by atoms with Gasteiger partial charge in [0.1, 0.15) is 6.07 Å². The summed E-state index contributed by atoms with van der Waals surface area (Å²) in [5, 5.41) is 24.4. The van der Waals surface area contributed by atoms with Crippen molar-refractivity contribution >= 4 is 5.57 Å². The molecule has 7 heteroatoms. The summed E-state index contributed by atoms with van der Waals surface area (Å²) in [6.07, 6.45) is -0.942. The third kappa shape index (κ3) is 3.00. The first-order valence-corrected chi connectivity index (χ1v) is 9.05. The molecule has 0 fully saturated rings. The van der Waals surface area contributed by atoms with E-state index in [0.717, 1.165) is 11.3 Å². The molecule has 2 aromatic carbocycles. The molecule has 0 bridgehead atoms. The molecule has 1 aromatic heterocycles. The second-order valence-corrected chi connectivity index (χ2v) is 6.84. The fourth-order valence-electron chi connectivity index (χ4n) is 3.47. The van der Waals surface area contributed by atoms with E-state index in [2.05, 4.69) is 11.2 Å². The molecule has 3 aromatic rings. The Kier molecular flexibility index (Phi) is 4.49. The van der Waals surface area contributed by atoms with E-state index in [1.165, 1.54) is 13.2 Å². The number of ether oxygens (including phenoxy) is 2. The van der Waals surface area contributed by atoms with Crippen molar-refractivity contribution in [1.29, 1.82) is 5.26 Å².